The fourth-order valence-corrected chi connectivity index (χ4v) is 2.89. The van der Waals surface area contributed by atoms with Crippen LogP contribution in [0.5, 0.6) is 5.75 Å². The molecule has 152 valence electrons. The number of nitrogens with one attached hydrogen (secondary N) is 1. The molecule has 0 aliphatic heterocycles. The van der Waals surface area contributed by atoms with Crippen molar-refractivity contribution in [1.82, 2.24) is 9.78 Å². The van der Waals surface area contributed by atoms with E-state index < -0.39 is 18.0 Å². The molecule has 1 heterocycles. The fraction of sp³-hybridized carbons (Fsp3) is 0.158. The minimum absolute atomic E-state index is 0.168. The van der Waals surface area contributed by atoms with Gasteiger partial charge in [-0.15, -0.1) is 13.2 Å². The molecule has 0 aliphatic rings. The van der Waals surface area contributed by atoms with Crippen molar-refractivity contribution in [2.45, 2.75) is 20.2 Å². The number of aromatic nitrogens is 2. The summed E-state index contributed by atoms with van der Waals surface area (Å²) in [6, 6.07) is 9.67. The molecule has 0 unspecified atom stereocenters. The Morgan fingerprint density at radius 3 is 2.41 bits per heavy atom. The third kappa shape index (κ3) is 4.62. The first-order chi connectivity index (χ1) is 13.5. The zero-order chi connectivity index (χ0) is 21.3. The van der Waals surface area contributed by atoms with Crippen LogP contribution in [0, 0.1) is 13.8 Å². The van der Waals surface area contributed by atoms with Gasteiger partial charge in [0.2, 0.25) is 0 Å². The number of carbonyl (C=O) groups excluding carboxylic acids is 1. The lowest BCUT2D eigenvalue weighted by molar-refractivity contribution is -0.274. The van der Waals surface area contributed by atoms with Crippen LogP contribution in [0.1, 0.15) is 21.7 Å². The van der Waals surface area contributed by atoms with E-state index in [1.165, 1.54) is 12.1 Å². The molecule has 3 aromatic rings. The number of rotatable bonds is 4. The molecule has 0 saturated carbocycles. The summed E-state index contributed by atoms with van der Waals surface area (Å²) in [6.45, 7) is 3.48. The van der Waals surface area contributed by atoms with E-state index in [1.807, 2.05) is 0 Å². The van der Waals surface area contributed by atoms with Crippen molar-refractivity contribution >= 4 is 28.9 Å². The summed E-state index contributed by atoms with van der Waals surface area (Å²) in [7, 11) is 0. The van der Waals surface area contributed by atoms with Gasteiger partial charge in [-0.25, -0.2) is 4.68 Å². The Labute approximate surface area is 169 Å². The van der Waals surface area contributed by atoms with E-state index >= 15 is 0 Å². The minimum Gasteiger partial charge on any atom is -0.406 e. The lowest BCUT2D eigenvalue weighted by Gasteiger charge is -2.10. The summed E-state index contributed by atoms with van der Waals surface area (Å²) in [5, 5.41) is 7.52. The van der Waals surface area contributed by atoms with E-state index in [2.05, 4.69) is 15.2 Å². The molecule has 3 N–H and O–H groups in total. The predicted molar refractivity (Wildman–Crippen MR) is 104 cm³/mol. The van der Waals surface area contributed by atoms with Crippen LogP contribution >= 0.6 is 11.6 Å². The van der Waals surface area contributed by atoms with Crippen molar-refractivity contribution in [1.29, 1.82) is 0 Å². The Morgan fingerprint density at radius 2 is 1.83 bits per heavy atom. The number of carbonyl (C=O) groups is 1. The molecule has 1 aromatic heterocycles. The Morgan fingerprint density at radius 1 is 1.17 bits per heavy atom. The molecule has 0 aliphatic carbocycles. The summed E-state index contributed by atoms with van der Waals surface area (Å²) in [4.78, 5) is 12.5. The predicted octanol–water partition coefficient (Wildman–Crippen LogP) is 4.88. The van der Waals surface area contributed by atoms with Crippen LogP contribution in [0.4, 0.5) is 24.5 Å². The topological polar surface area (TPSA) is 82.2 Å². The molecule has 3 rings (SSSR count). The van der Waals surface area contributed by atoms with Crippen molar-refractivity contribution < 1.29 is 22.7 Å². The van der Waals surface area contributed by atoms with Gasteiger partial charge < -0.3 is 15.8 Å². The SMILES string of the molecule is Cc1nn(-c2ccc(N)c(Cl)c2)c(C)c1NC(=O)c1ccc(OC(F)(F)F)cc1. The molecular weight excluding hydrogens is 409 g/mol. The number of amides is 1. The highest BCUT2D eigenvalue weighted by Gasteiger charge is 2.31. The van der Waals surface area contributed by atoms with Gasteiger partial charge in [0.1, 0.15) is 5.75 Å². The maximum Gasteiger partial charge on any atom is 0.573 e. The Balaban J connectivity index is 1.82. The second-order valence-electron chi connectivity index (χ2n) is 6.19. The van der Waals surface area contributed by atoms with E-state index in [1.54, 1.807) is 36.7 Å². The monoisotopic (exact) mass is 424 g/mol. The van der Waals surface area contributed by atoms with Crippen LogP contribution in [-0.4, -0.2) is 22.1 Å². The van der Waals surface area contributed by atoms with E-state index in [9.17, 15) is 18.0 Å². The highest BCUT2D eigenvalue weighted by molar-refractivity contribution is 6.33. The molecule has 2 aromatic carbocycles. The first-order valence-corrected chi connectivity index (χ1v) is 8.72. The van der Waals surface area contributed by atoms with Crippen LogP contribution in [0.3, 0.4) is 0 Å². The Hall–Kier alpha value is -3.20. The van der Waals surface area contributed by atoms with Gasteiger partial charge in [0.15, 0.2) is 0 Å². The van der Waals surface area contributed by atoms with Crippen molar-refractivity contribution in [2.75, 3.05) is 11.1 Å². The number of alkyl halides is 3. The molecule has 1 amide bonds. The number of anilines is 2. The number of halogens is 4. The van der Waals surface area contributed by atoms with Gasteiger partial charge in [0.05, 0.1) is 33.5 Å². The highest BCUT2D eigenvalue weighted by Crippen LogP contribution is 2.27. The minimum atomic E-state index is -4.79. The largest absolute Gasteiger partial charge is 0.573 e. The molecular formula is C19H16ClF3N4O2. The Bertz CT molecular complexity index is 1060. The summed E-state index contributed by atoms with van der Waals surface area (Å²) in [6.07, 6.45) is -4.79. The number of ether oxygens (including phenoxy) is 1. The number of hydrogen-bond acceptors (Lipinski definition) is 4. The number of aryl methyl sites for hydroxylation is 1. The van der Waals surface area contributed by atoms with Crippen molar-refractivity contribution in [3.8, 4) is 11.4 Å². The highest BCUT2D eigenvalue weighted by atomic mass is 35.5. The number of hydrogen-bond donors (Lipinski definition) is 2. The maximum absolute atomic E-state index is 12.5. The van der Waals surface area contributed by atoms with Gasteiger partial charge in [-0.3, -0.25) is 4.79 Å². The third-order valence-corrected chi connectivity index (χ3v) is 4.44. The molecule has 0 saturated heterocycles. The van der Waals surface area contributed by atoms with Gasteiger partial charge in [0.25, 0.3) is 5.91 Å². The van der Waals surface area contributed by atoms with E-state index in [0.717, 1.165) is 12.1 Å². The van der Waals surface area contributed by atoms with Crippen molar-refractivity contribution in [3.05, 3.63) is 64.4 Å². The van der Waals surface area contributed by atoms with Crippen LogP contribution in [0.15, 0.2) is 42.5 Å². The quantitative estimate of drug-likeness (QED) is 0.585. The van der Waals surface area contributed by atoms with Crippen molar-refractivity contribution in [2.24, 2.45) is 0 Å². The molecule has 0 radical (unpaired) electrons. The first kappa shape index (κ1) is 20.5. The van der Waals surface area contributed by atoms with Crippen molar-refractivity contribution in [3.63, 3.8) is 0 Å². The molecule has 0 spiro atoms. The van der Waals surface area contributed by atoms with Gasteiger partial charge >= 0.3 is 6.36 Å². The molecule has 6 nitrogen and oxygen atoms in total. The summed E-state index contributed by atoms with van der Waals surface area (Å²) < 4.78 is 42.1. The average molecular weight is 425 g/mol. The molecule has 0 atom stereocenters. The second-order valence-corrected chi connectivity index (χ2v) is 6.60. The number of nitrogens with two attached hydrogens (primary N) is 1. The zero-order valence-electron chi connectivity index (χ0n) is 15.3. The van der Waals surface area contributed by atoms with E-state index in [4.69, 9.17) is 17.3 Å². The molecule has 29 heavy (non-hydrogen) atoms. The van der Waals surface area contributed by atoms with Gasteiger partial charge in [0, 0.05) is 5.56 Å². The van der Waals surface area contributed by atoms with E-state index in [0.29, 0.717) is 33.5 Å². The molecule has 0 bridgehead atoms. The normalized spacial score (nSPS) is 11.4. The number of nitrogen functional groups attached to an aromatic ring is 1. The standard InChI is InChI=1S/C19H16ClF3N4O2/c1-10-17(11(2)27(26-10)13-5-8-16(24)15(20)9-13)25-18(28)12-3-6-14(7-4-12)29-19(21,22)23/h3-9H,24H2,1-2H3,(H,25,28). The summed E-state index contributed by atoms with van der Waals surface area (Å²) in [5.74, 6) is -0.904. The third-order valence-electron chi connectivity index (χ3n) is 4.11. The lowest BCUT2D eigenvalue weighted by atomic mass is 10.2. The molecule has 10 heteroatoms. The Kier molecular flexibility index (Phi) is 5.43. The van der Waals surface area contributed by atoms with Crippen LogP contribution in [0.25, 0.3) is 5.69 Å². The van der Waals surface area contributed by atoms with Crippen LogP contribution < -0.4 is 15.8 Å². The lowest BCUT2D eigenvalue weighted by Crippen LogP contribution is -2.17. The number of nitrogens with zero attached hydrogens (tertiary/aromatic N) is 2. The first-order valence-electron chi connectivity index (χ1n) is 8.34. The zero-order valence-corrected chi connectivity index (χ0v) is 16.1. The van der Waals surface area contributed by atoms with Crippen LogP contribution in [-0.2, 0) is 0 Å². The van der Waals surface area contributed by atoms with E-state index in [-0.39, 0.29) is 5.56 Å². The maximum atomic E-state index is 12.5. The van der Waals surface area contributed by atoms with Gasteiger partial charge in [-0.2, -0.15) is 5.10 Å². The van der Waals surface area contributed by atoms with Crippen LogP contribution in [0.2, 0.25) is 5.02 Å². The van der Waals surface area contributed by atoms with Gasteiger partial charge in [-0.05, 0) is 56.3 Å². The second kappa shape index (κ2) is 7.67. The number of benzene rings is 2. The fourth-order valence-electron chi connectivity index (χ4n) is 2.72. The summed E-state index contributed by atoms with van der Waals surface area (Å²) >= 11 is 6.06. The molecule has 0 fully saturated rings. The smallest absolute Gasteiger partial charge is 0.406 e. The average Bonchev–Trinajstić information content (AvgIpc) is 2.91. The van der Waals surface area contributed by atoms with Gasteiger partial charge in [-0.1, -0.05) is 11.6 Å². The summed E-state index contributed by atoms with van der Waals surface area (Å²) in [5.41, 5.74) is 8.68.